The zero-order valence-electron chi connectivity index (χ0n) is 8.25. The number of phenols is 1. The minimum atomic E-state index is -0.507. The summed E-state index contributed by atoms with van der Waals surface area (Å²) in [6.07, 6.45) is 0. The second kappa shape index (κ2) is 3.94. The van der Waals surface area contributed by atoms with Gasteiger partial charge < -0.3 is 9.94 Å². The van der Waals surface area contributed by atoms with Crippen LogP contribution in [0.5, 0.6) is 5.75 Å². The van der Waals surface area contributed by atoms with Crippen LogP contribution in [0.25, 0.3) is 0 Å². The van der Waals surface area contributed by atoms with Crippen LogP contribution >= 0.6 is 0 Å². The summed E-state index contributed by atoms with van der Waals surface area (Å²) in [6, 6.07) is 4.05. The summed E-state index contributed by atoms with van der Waals surface area (Å²) < 4.78 is 13.4. The molecule has 0 saturated carbocycles. The first-order valence-electron chi connectivity index (χ1n) is 4.28. The van der Waals surface area contributed by atoms with Crippen LogP contribution in [-0.4, -0.2) is 11.7 Å². The number of phenolic OH excluding ortho intramolecular Hbond substituents is 1. The van der Waals surface area contributed by atoms with Gasteiger partial charge in [-0.2, -0.15) is 0 Å². The van der Waals surface area contributed by atoms with Crippen LogP contribution in [0.1, 0.15) is 19.4 Å². The van der Waals surface area contributed by atoms with Crippen molar-refractivity contribution in [2.24, 2.45) is 5.90 Å². The van der Waals surface area contributed by atoms with Crippen LogP contribution in [0.2, 0.25) is 0 Å². The third-order valence-electron chi connectivity index (χ3n) is 2.13. The molecule has 0 aliphatic rings. The fraction of sp³-hybridized carbons (Fsp3) is 0.400. The minimum Gasteiger partial charge on any atom is -0.508 e. The first-order chi connectivity index (χ1) is 6.47. The SMILES string of the molecule is CC(C)(CON)c1ccc(O)cc1F. The van der Waals surface area contributed by atoms with E-state index in [-0.39, 0.29) is 12.4 Å². The lowest BCUT2D eigenvalue weighted by Gasteiger charge is -2.24. The highest BCUT2D eigenvalue weighted by molar-refractivity contribution is 5.32. The molecular weight excluding hydrogens is 185 g/mol. The molecule has 0 atom stereocenters. The van der Waals surface area contributed by atoms with E-state index in [0.717, 1.165) is 6.07 Å². The molecule has 0 spiro atoms. The fourth-order valence-electron chi connectivity index (χ4n) is 1.34. The minimum absolute atomic E-state index is 0.0873. The van der Waals surface area contributed by atoms with Gasteiger partial charge in [0, 0.05) is 11.5 Å². The third-order valence-corrected chi connectivity index (χ3v) is 2.13. The van der Waals surface area contributed by atoms with Crippen molar-refractivity contribution in [1.29, 1.82) is 0 Å². The summed E-state index contributed by atoms with van der Waals surface area (Å²) in [7, 11) is 0. The largest absolute Gasteiger partial charge is 0.508 e. The zero-order chi connectivity index (χ0) is 10.8. The molecule has 0 aliphatic carbocycles. The van der Waals surface area contributed by atoms with Gasteiger partial charge in [0.1, 0.15) is 11.6 Å². The average molecular weight is 199 g/mol. The second-order valence-electron chi connectivity index (χ2n) is 3.86. The molecule has 78 valence electrons. The van der Waals surface area contributed by atoms with E-state index in [0.29, 0.717) is 5.56 Å². The highest BCUT2D eigenvalue weighted by Gasteiger charge is 2.24. The molecular formula is C10H14FNO2. The van der Waals surface area contributed by atoms with Gasteiger partial charge in [-0.3, -0.25) is 0 Å². The van der Waals surface area contributed by atoms with Gasteiger partial charge in [-0.05, 0) is 11.6 Å². The van der Waals surface area contributed by atoms with E-state index in [1.165, 1.54) is 12.1 Å². The van der Waals surface area contributed by atoms with Crippen molar-refractivity contribution in [2.75, 3.05) is 6.61 Å². The Morgan fingerprint density at radius 3 is 2.64 bits per heavy atom. The van der Waals surface area contributed by atoms with Gasteiger partial charge in [0.25, 0.3) is 0 Å². The molecule has 0 bridgehead atoms. The van der Waals surface area contributed by atoms with Gasteiger partial charge in [0.15, 0.2) is 0 Å². The summed E-state index contributed by atoms with van der Waals surface area (Å²) >= 11 is 0. The quantitative estimate of drug-likeness (QED) is 0.728. The molecule has 0 aliphatic heterocycles. The van der Waals surface area contributed by atoms with E-state index in [9.17, 15) is 4.39 Å². The second-order valence-corrected chi connectivity index (χ2v) is 3.86. The van der Waals surface area contributed by atoms with E-state index in [1.54, 1.807) is 0 Å². The molecule has 14 heavy (non-hydrogen) atoms. The molecule has 0 radical (unpaired) electrons. The Labute approximate surface area is 82.3 Å². The molecule has 0 amide bonds. The van der Waals surface area contributed by atoms with E-state index in [2.05, 4.69) is 4.84 Å². The van der Waals surface area contributed by atoms with Gasteiger partial charge >= 0.3 is 0 Å². The van der Waals surface area contributed by atoms with E-state index in [1.807, 2.05) is 13.8 Å². The van der Waals surface area contributed by atoms with Crippen LogP contribution in [-0.2, 0) is 10.3 Å². The number of rotatable bonds is 3. The van der Waals surface area contributed by atoms with Crippen molar-refractivity contribution in [3.8, 4) is 5.75 Å². The number of nitrogens with two attached hydrogens (primary N) is 1. The molecule has 0 fully saturated rings. The van der Waals surface area contributed by atoms with Crippen molar-refractivity contribution < 1.29 is 14.3 Å². The van der Waals surface area contributed by atoms with Gasteiger partial charge in [-0.1, -0.05) is 19.9 Å². The van der Waals surface area contributed by atoms with E-state index in [4.69, 9.17) is 11.0 Å². The molecule has 3 N–H and O–H groups in total. The lowest BCUT2D eigenvalue weighted by molar-refractivity contribution is 0.0950. The Bertz CT molecular complexity index is 326. The van der Waals surface area contributed by atoms with Gasteiger partial charge in [-0.25, -0.2) is 10.3 Å². The van der Waals surface area contributed by atoms with E-state index < -0.39 is 11.2 Å². The van der Waals surface area contributed by atoms with Crippen LogP contribution in [0, 0.1) is 5.82 Å². The Morgan fingerprint density at radius 2 is 2.14 bits per heavy atom. The number of benzene rings is 1. The topological polar surface area (TPSA) is 55.5 Å². The highest BCUT2D eigenvalue weighted by Crippen LogP contribution is 2.27. The molecule has 0 aromatic heterocycles. The Hall–Kier alpha value is -1.13. The third kappa shape index (κ3) is 2.21. The molecule has 0 unspecified atom stereocenters. The van der Waals surface area contributed by atoms with Gasteiger partial charge in [-0.15, -0.1) is 0 Å². The summed E-state index contributed by atoms with van der Waals surface area (Å²) in [5.41, 5.74) is -0.0345. The van der Waals surface area contributed by atoms with Crippen LogP contribution < -0.4 is 5.90 Å². The van der Waals surface area contributed by atoms with Gasteiger partial charge in [0.05, 0.1) is 6.61 Å². The lowest BCUT2D eigenvalue weighted by atomic mass is 9.85. The molecule has 0 heterocycles. The standard InChI is InChI=1S/C10H14FNO2/c1-10(2,6-14-12)8-4-3-7(13)5-9(8)11/h3-5,13H,6,12H2,1-2H3. The zero-order valence-corrected chi connectivity index (χ0v) is 8.25. The van der Waals surface area contributed by atoms with Crippen LogP contribution in [0.15, 0.2) is 18.2 Å². The first-order valence-corrected chi connectivity index (χ1v) is 4.28. The van der Waals surface area contributed by atoms with Crippen molar-refractivity contribution in [3.63, 3.8) is 0 Å². The van der Waals surface area contributed by atoms with Crippen molar-refractivity contribution >= 4 is 0 Å². The Kier molecular flexibility index (Phi) is 3.08. The van der Waals surface area contributed by atoms with Crippen LogP contribution in [0.3, 0.4) is 0 Å². The number of hydrogen-bond acceptors (Lipinski definition) is 3. The average Bonchev–Trinajstić information content (AvgIpc) is 2.02. The normalized spacial score (nSPS) is 11.7. The van der Waals surface area contributed by atoms with Crippen molar-refractivity contribution in [2.45, 2.75) is 19.3 Å². The summed E-state index contributed by atoms with van der Waals surface area (Å²) in [5.74, 6) is 4.42. The molecule has 1 rings (SSSR count). The highest BCUT2D eigenvalue weighted by atomic mass is 19.1. The summed E-state index contributed by atoms with van der Waals surface area (Å²) in [5, 5.41) is 9.04. The monoisotopic (exact) mass is 199 g/mol. The Morgan fingerprint density at radius 1 is 1.50 bits per heavy atom. The maximum atomic E-state index is 13.4. The van der Waals surface area contributed by atoms with Gasteiger partial charge in [0.2, 0.25) is 0 Å². The maximum absolute atomic E-state index is 13.4. The Balaban J connectivity index is 3.06. The van der Waals surface area contributed by atoms with E-state index >= 15 is 0 Å². The molecule has 3 nitrogen and oxygen atoms in total. The van der Waals surface area contributed by atoms with Crippen molar-refractivity contribution in [1.82, 2.24) is 0 Å². The number of aromatic hydroxyl groups is 1. The molecule has 0 saturated heterocycles. The number of hydrogen-bond donors (Lipinski definition) is 2. The fourth-order valence-corrected chi connectivity index (χ4v) is 1.34. The molecule has 4 heteroatoms. The first kappa shape index (κ1) is 10.9. The smallest absolute Gasteiger partial charge is 0.130 e. The number of halogens is 1. The maximum Gasteiger partial charge on any atom is 0.130 e. The summed E-state index contributed by atoms with van der Waals surface area (Å²) in [6.45, 7) is 3.85. The predicted octanol–water partition coefficient (Wildman–Crippen LogP) is 1.70. The molecule has 1 aromatic rings. The van der Waals surface area contributed by atoms with Crippen LogP contribution in [0.4, 0.5) is 4.39 Å². The lowest BCUT2D eigenvalue weighted by Crippen LogP contribution is -2.27. The van der Waals surface area contributed by atoms with Crippen molar-refractivity contribution in [3.05, 3.63) is 29.6 Å². The summed E-state index contributed by atoms with van der Waals surface area (Å²) in [4.78, 5) is 4.52. The predicted molar refractivity (Wildman–Crippen MR) is 51.2 cm³/mol. The molecule has 1 aromatic carbocycles.